The van der Waals surface area contributed by atoms with E-state index in [4.69, 9.17) is 5.73 Å². The molecule has 0 aromatic heterocycles. The number of unbranched alkanes of at least 4 members (excludes halogenated alkanes) is 2. The molecule has 126 valence electrons. The van der Waals surface area contributed by atoms with Gasteiger partial charge in [0.1, 0.15) is 0 Å². The summed E-state index contributed by atoms with van der Waals surface area (Å²) in [5.74, 6) is 0. The molecular formula is C21H30ClN. The minimum Gasteiger partial charge on any atom is -0.327 e. The molecule has 0 saturated heterocycles. The molecule has 2 aromatic carbocycles. The Morgan fingerprint density at radius 1 is 0.826 bits per heavy atom. The standard InChI is InChI=1S/C21H29N.ClH/c1-3-5-8-17-20(22)21(4-2,18-13-9-6-10-14-18)19-15-11-7-12-16-19;/h6-7,9-16,20H,3-5,8,17,22H2,1-2H3;1H. The second-order valence-corrected chi connectivity index (χ2v) is 6.16. The molecule has 23 heavy (non-hydrogen) atoms. The van der Waals surface area contributed by atoms with Crippen molar-refractivity contribution in [2.75, 3.05) is 0 Å². The van der Waals surface area contributed by atoms with Crippen molar-refractivity contribution in [3.05, 3.63) is 71.8 Å². The van der Waals surface area contributed by atoms with E-state index in [0.717, 1.165) is 12.8 Å². The van der Waals surface area contributed by atoms with E-state index in [9.17, 15) is 0 Å². The Hall–Kier alpha value is -1.31. The molecule has 0 saturated carbocycles. The van der Waals surface area contributed by atoms with Gasteiger partial charge < -0.3 is 5.73 Å². The normalized spacial score (nSPS) is 12.5. The Labute approximate surface area is 147 Å². The molecule has 2 aromatic rings. The fourth-order valence-electron chi connectivity index (χ4n) is 3.60. The molecular weight excluding hydrogens is 302 g/mol. The van der Waals surface area contributed by atoms with Crippen LogP contribution in [0.15, 0.2) is 60.7 Å². The van der Waals surface area contributed by atoms with E-state index in [-0.39, 0.29) is 23.9 Å². The predicted molar refractivity (Wildman–Crippen MR) is 103 cm³/mol. The maximum atomic E-state index is 6.77. The molecule has 2 N–H and O–H groups in total. The lowest BCUT2D eigenvalue weighted by Crippen LogP contribution is -2.46. The fourth-order valence-corrected chi connectivity index (χ4v) is 3.60. The molecule has 1 unspecified atom stereocenters. The summed E-state index contributed by atoms with van der Waals surface area (Å²) in [5.41, 5.74) is 9.36. The largest absolute Gasteiger partial charge is 0.327 e. The number of nitrogens with two attached hydrogens (primary N) is 1. The third kappa shape index (κ3) is 4.37. The highest BCUT2D eigenvalue weighted by Crippen LogP contribution is 2.39. The van der Waals surface area contributed by atoms with Gasteiger partial charge in [0, 0.05) is 11.5 Å². The predicted octanol–water partition coefficient (Wildman–Crippen LogP) is 5.71. The van der Waals surface area contributed by atoms with Crippen molar-refractivity contribution in [2.45, 2.75) is 57.4 Å². The summed E-state index contributed by atoms with van der Waals surface area (Å²) in [6.07, 6.45) is 5.80. The molecule has 1 nitrogen and oxygen atoms in total. The van der Waals surface area contributed by atoms with Gasteiger partial charge in [-0.25, -0.2) is 0 Å². The first-order chi connectivity index (χ1) is 10.8. The highest BCUT2D eigenvalue weighted by atomic mass is 35.5. The van der Waals surface area contributed by atoms with Gasteiger partial charge in [-0.05, 0) is 24.0 Å². The van der Waals surface area contributed by atoms with Gasteiger partial charge in [0.15, 0.2) is 0 Å². The maximum absolute atomic E-state index is 6.77. The van der Waals surface area contributed by atoms with Crippen LogP contribution in [0.5, 0.6) is 0 Å². The van der Waals surface area contributed by atoms with Crippen molar-refractivity contribution >= 4 is 12.4 Å². The van der Waals surface area contributed by atoms with E-state index in [2.05, 4.69) is 74.5 Å². The number of hydrogen-bond donors (Lipinski definition) is 1. The second-order valence-electron chi connectivity index (χ2n) is 6.16. The summed E-state index contributed by atoms with van der Waals surface area (Å²) in [4.78, 5) is 0. The number of benzene rings is 2. The number of hydrogen-bond acceptors (Lipinski definition) is 1. The van der Waals surface area contributed by atoms with E-state index in [1.807, 2.05) is 0 Å². The maximum Gasteiger partial charge on any atom is 0.0351 e. The average molecular weight is 332 g/mol. The summed E-state index contributed by atoms with van der Waals surface area (Å²) >= 11 is 0. The zero-order chi connectivity index (χ0) is 15.8. The van der Waals surface area contributed by atoms with Gasteiger partial charge in [0.05, 0.1) is 0 Å². The molecule has 0 aliphatic carbocycles. The van der Waals surface area contributed by atoms with E-state index in [1.54, 1.807) is 0 Å². The molecule has 2 heteroatoms. The topological polar surface area (TPSA) is 26.0 Å². The zero-order valence-corrected chi connectivity index (χ0v) is 15.2. The Morgan fingerprint density at radius 2 is 1.30 bits per heavy atom. The lowest BCUT2D eigenvalue weighted by atomic mass is 9.66. The van der Waals surface area contributed by atoms with E-state index < -0.39 is 0 Å². The Morgan fingerprint density at radius 3 is 1.70 bits per heavy atom. The van der Waals surface area contributed by atoms with Crippen LogP contribution in [-0.2, 0) is 5.41 Å². The summed E-state index contributed by atoms with van der Waals surface area (Å²) < 4.78 is 0. The molecule has 0 aliphatic heterocycles. The Bertz CT molecular complexity index is 499. The van der Waals surface area contributed by atoms with Crippen molar-refractivity contribution in [1.29, 1.82) is 0 Å². The molecule has 0 spiro atoms. The van der Waals surface area contributed by atoms with Crippen LogP contribution >= 0.6 is 12.4 Å². The molecule has 0 radical (unpaired) electrons. The molecule has 0 aliphatic rings. The highest BCUT2D eigenvalue weighted by Gasteiger charge is 2.38. The fraction of sp³-hybridized carbons (Fsp3) is 0.429. The first-order valence-electron chi connectivity index (χ1n) is 8.62. The summed E-state index contributed by atoms with van der Waals surface area (Å²) in [7, 11) is 0. The van der Waals surface area contributed by atoms with Crippen molar-refractivity contribution in [3.8, 4) is 0 Å². The molecule has 0 bridgehead atoms. The highest BCUT2D eigenvalue weighted by molar-refractivity contribution is 5.85. The lowest BCUT2D eigenvalue weighted by Gasteiger charge is -2.40. The van der Waals surface area contributed by atoms with Crippen LogP contribution in [0.4, 0.5) is 0 Å². The third-order valence-corrected chi connectivity index (χ3v) is 4.89. The molecule has 0 amide bonds. The van der Waals surface area contributed by atoms with Gasteiger partial charge in [-0.2, -0.15) is 0 Å². The van der Waals surface area contributed by atoms with E-state index in [0.29, 0.717) is 0 Å². The zero-order valence-electron chi connectivity index (χ0n) is 14.4. The van der Waals surface area contributed by atoms with Crippen LogP contribution in [0.1, 0.15) is 57.1 Å². The number of halogens is 1. The van der Waals surface area contributed by atoms with Gasteiger partial charge in [-0.3, -0.25) is 0 Å². The van der Waals surface area contributed by atoms with Gasteiger partial charge in [-0.15, -0.1) is 12.4 Å². The average Bonchev–Trinajstić information content (AvgIpc) is 2.58. The minimum absolute atomic E-state index is 0. The van der Waals surface area contributed by atoms with Crippen molar-refractivity contribution < 1.29 is 0 Å². The third-order valence-electron chi connectivity index (χ3n) is 4.89. The molecule has 2 rings (SSSR count). The van der Waals surface area contributed by atoms with Crippen molar-refractivity contribution in [3.63, 3.8) is 0 Å². The van der Waals surface area contributed by atoms with Crippen LogP contribution < -0.4 is 5.73 Å². The monoisotopic (exact) mass is 331 g/mol. The van der Waals surface area contributed by atoms with Crippen LogP contribution in [0, 0.1) is 0 Å². The molecule has 1 atom stereocenters. The van der Waals surface area contributed by atoms with Crippen molar-refractivity contribution in [2.24, 2.45) is 5.73 Å². The van der Waals surface area contributed by atoms with Gasteiger partial charge >= 0.3 is 0 Å². The molecule has 0 heterocycles. The Kier molecular flexibility index (Phi) is 8.36. The summed E-state index contributed by atoms with van der Waals surface area (Å²) in [5, 5.41) is 0. The second kappa shape index (κ2) is 9.75. The SMILES string of the molecule is CCCCCC(N)C(CC)(c1ccccc1)c1ccccc1.Cl. The van der Waals surface area contributed by atoms with Crippen LogP contribution in [0.2, 0.25) is 0 Å². The Balaban J connectivity index is 0.00000264. The van der Waals surface area contributed by atoms with Gasteiger partial charge in [-0.1, -0.05) is 93.8 Å². The molecule has 0 fully saturated rings. The minimum atomic E-state index is -0.0870. The van der Waals surface area contributed by atoms with Gasteiger partial charge in [0.25, 0.3) is 0 Å². The van der Waals surface area contributed by atoms with Crippen LogP contribution in [0.25, 0.3) is 0 Å². The van der Waals surface area contributed by atoms with Gasteiger partial charge in [0.2, 0.25) is 0 Å². The van der Waals surface area contributed by atoms with E-state index in [1.165, 1.54) is 30.4 Å². The van der Waals surface area contributed by atoms with Crippen LogP contribution in [0.3, 0.4) is 0 Å². The van der Waals surface area contributed by atoms with Crippen molar-refractivity contribution in [1.82, 2.24) is 0 Å². The number of rotatable bonds is 8. The lowest BCUT2D eigenvalue weighted by molar-refractivity contribution is 0.365. The quantitative estimate of drug-likeness (QED) is 0.616. The first-order valence-corrected chi connectivity index (χ1v) is 8.62. The smallest absolute Gasteiger partial charge is 0.0351 e. The van der Waals surface area contributed by atoms with Crippen LogP contribution in [-0.4, -0.2) is 6.04 Å². The summed E-state index contributed by atoms with van der Waals surface area (Å²) in [6.45, 7) is 4.51. The first kappa shape index (κ1) is 19.7. The van der Waals surface area contributed by atoms with E-state index >= 15 is 0 Å². The summed E-state index contributed by atoms with van der Waals surface area (Å²) in [6, 6.07) is 21.7.